The molecule has 2 N–H and O–H groups in total. The van der Waals surface area contributed by atoms with E-state index in [-0.39, 0.29) is 5.75 Å². The van der Waals surface area contributed by atoms with Crippen molar-refractivity contribution >= 4 is 22.7 Å². The second-order valence-corrected chi connectivity index (χ2v) is 5.96. The Morgan fingerprint density at radius 1 is 1.14 bits per heavy atom. The van der Waals surface area contributed by atoms with Crippen molar-refractivity contribution in [2.75, 3.05) is 5.43 Å². The van der Waals surface area contributed by atoms with E-state index in [4.69, 9.17) is 0 Å². The zero-order valence-electron chi connectivity index (χ0n) is 12.0. The molecule has 3 aromatic rings. The number of aryl methyl sites for hydroxylation is 1. The third-order valence-corrected chi connectivity index (χ3v) is 3.96. The average molecular weight is 309 g/mol. The monoisotopic (exact) mass is 309 g/mol. The van der Waals surface area contributed by atoms with E-state index in [1.807, 2.05) is 43.3 Å². The summed E-state index contributed by atoms with van der Waals surface area (Å²) in [6.45, 7) is 2.05. The van der Waals surface area contributed by atoms with Gasteiger partial charge in [0.15, 0.2) is 0 Å². The van der Waals surface area contributed by atoms with E-state index in [9.17, 15) is 5.11 Å². The molecule has 1 heterocycles. The minimum atomic E-state index is 0.223. The van der Waals surface area contributed by atoms with Crippen LogP contribution in [0.25, 0.3) is 11.3 Å². The van der Waals surface area contributed by atoms with Gasteiger partial charge in [-0.05, 0) is 24.6 Å². The summed E-state index contributed by atoms with van der Waals surface area (Å²) in [6.07, 6.45) is 1.65. The number of nitrogens with one attached hydrogen (secondary N) is 1. The first-order chi connectivity index (χ1) is 10.7. The van der Waals surface area contributed by atoms with E-state index in [0.717, 1.165) is 26.8 Å². The molecule has 0 aliphatic carbocycles. The molecular weight excluding hydrogens is 294 g/mol. The Hall–Kier alpha value is -2.66. The maximum Gasteiger partial charge on any atom is 0.204 e. The summed E-state index contributed by atoms with van der Waals surface area (Å²) in [5.74, 6) is 0.223. The molecule has 2 aromatic carbocycles. The zero-order chi connectivity index (χ0) is 15.4. The molecule has 110 valence electrons. The molecule has 0 saturated heterocycles. The van der Waals surface area contributed by atoms with Crippen LogP contribution >= 0.6 is 11.3 Å². The van der Waals surface area contributed by atoms with Crippen LogP contribution in [0.1, 0.15) is 10.4 Å². The highest BCUT2D eigenvalue weighted by atomic mass is 32.1. The molecule has 0 spiro atoms. The molecule has 0 aliphatic heterocycles. The van der Waals surface area contributed by atoms with Gasteiger partial charge in [-0.15, -0.1) is 11.3 Å². The number of hydrogen-bond acceptors (Lipinski definition) is 5. The Morgan fingerprint density at radius 3 is 2.73 bits per heavy atom. The standard InChI is InChI=1S/C17H15N3OS/c1-12-16(14-7-3-2-4-8-14)19-17(22-12)20-18-11-13-6-5-9-15(21)10-13/h2-11,21H,1H3,(H,19,20). The molecule has 5 heteroatoms. The van der Waals surface area contributed by atoms with Gasteiger partial charge in [-0.1, -0.05) is 42.5 Å². The summed E-state index contributed by atoms with van der Waals surface area (Å²) >= 11 is 1.56. The van der Waals surface area contributed by atoms with Gasteiger partial charge in [0.1, 0.15) is 5.75 Å². The lowest BCUT2D eigenvalue weighted by atomic mass is 10.1. The fourth-order valence-corrected chi connectivity index (χ4v) is 2.86. The highest BCUT2D eigenvalue weighted by molar-refractivity contribution is 7.15. The normalized spacial score (nSPS) is 11.0. The number of hydrazone groups is 1. The Kier molecular flexibility index (Phi) is 4.16. The first kappa shape index (κ1) is 14.3. The van der Waals surface area contributed by atoms with E-state index in [1.54, 1.807) is 35.8 Å². The summed E-state index contributed by atoms with van der Waals surface area (Å²) in [7, 11) is 0. The van der Waals surface area contributed by atoms with Gasteiger partial charge in [-0.25, -0.2) is 4.98 Å². The summed E-state index contributed by atoms with van der Waals surface area (Å²) in [5, 5.41) is 14.3. The number of aromatic hydroxyl groups is 1. The van der Waals surface area contributed by atoms with Gasteiger partial charge in [0.25, 0.3) is 0 Å². The van der Waals surface area contributed by atoms with Gasteiger partial charge < -0.3 is 5.11 Å². The average Bonchev–Trinajstić information content (AvgIpc) is 2.89. The maximum absolute atomic E-state index is 9.40. The van der Waals surface area contributed by atoms with Crippen molar-refractivity contribution in [3.05, 3.63) is 65.0 Å². The summed E-state index contributed by atoms with van der Waals surface area (Å²) in [5.41, 5.74) is 5.83. The number of benzene rings is 2. The molecule has 0 saturated carbocycles. The quantitative estimate of drug-likeness (QED) is 0.559. The van der Waals surface area contributed by atoms with E-state index in [0.29, 0.717) is 0 Å². The van der Waals surface area contributed by atoms with Crippen molar-refractivity contribution in [2.24, 2.45) is 5.10 Å². The molecule has 0 amide bonds. The Labute approximate surface area is 132 Å². The molecule has 0 bridgehead atoms. The largest absolute Gasteiger partial charge is 0.508 e. The lowest BCUT2D eigenvalue weighted by molar-refractivity contribution is 0.475. The molecule has 22 heavy (non-hydrogen) atoms. The van der Waals surface area contributed by atoms with Crippen LogP contribution in [0.5, 0.6) is 5.75 Å². The predicted molar refractivity (Wildman–Crippen MR) is 91.6 cm³/mol. The Balaban J connectivity index is 1.74. The molecule has 0 radical (unpaired) electrons. The fourth-order valence-electron chi connectivity index (χ4n) is 2.08. The second-order valence-electron chi connectivity index (χ2n) is 4.75. The van der Waals surface area contributed by atoms with Crippen LogP contribution in [0, 0.1) is 6.92 Å². The van der Waals surface area contributed by atoms with E-state index < -0.39 is 0 Å². The van der Waals surface area contributed by atoms with Crippen molar-refractivity contribution in [3.8, 4) is 17.0 Å². The van der Waals surface area contributed by atoms with E-state index in [1.165, 1.54) is 0 Å². The van der Waals surface area contributed by atoms with Gasteiger partial charge in [0.2, 0.25) is 5.13 Å². The van der Waals surface area contributed by atoms with Gasteiger partial charge in [-0.2, -0.15) is 5.10 Å². The smallest absolute Gasteiger partial charge is 0.204 e. The van der Waals surface area contributed by atoms with Crippen molar-refractivity contribution in [3.63, 3.8) is 0 Å². The van der Waals surface area contributed by atoms with Crippen molar-refractivity contribution in [2.45, 2.75) is 6.92 Å². The molecule has 0 aliphatic rings. The Bertz CT molecular complexity index is 797. The molecule has 0 atom stereocenters. The highest BCUT2D eigenvalue weighted by Crippen LogP contribution is 2.30. The fraction of sp³-hybridized carbons (Fsp3) is 0.0588. The first-order valence-electron chi connectivity index (χ1n) is 6.83. The van der Waals surface area contributed by atoms with Crippen LogP contribution in [0.4, 0.5) is 5.13 Å². The molecular formula is C17H15N3OS. The minimum Gasteiger partial charge on any atom is -0.508 e. The number of anilines is 1. The minimum absolute atomic E-state index is 0.223. The van der Waals surface area contributed by atoms with Crippen molar-refractivity contribution in [1.29, 1.82) is 0 Å². The van der Waals surface area contributed by atoms with Crippen LogP contribution in [0.15, 0.2) is 59.7 Å². The molecule has 1 aromatic heterocycles. The van der Waals surface area contributed by atoms with Crippen LogP contribution in [0.2, 0.25) is 0 Å². The number of rotatable bonds is 4. The highest BCUT2D eigenvalue weighted by Gasteiger charge is 2.08. The lowest BCUT2D eigenvalue weighted by Crippen LogP contribution is -1.90. The molecule has 3 rings (SSSR count). The summed E-state index contributed by atoms with van der Waals surface area (Å²) < 4.78 is 0. The second kappa shape index (κ2) is 6.41. The van der Waals surface area contributed by atoms with Gasteiger partial charge in [-0.3, -0.25) is 5.43 Å². The van der Waals surface area contributed by atoms with Gasteiger partial charge >= 0.3 is 0 Å². The number of nitrogens with zero attached hydrogens (tertiary/aromatic N) is 2. The summed E-state index contributed by atoms with van der Waals surface area (Å²) in [4.78, 5) is 5.71. The maximum atomic E-state index is 9.40. The lowest BCUT2D eigenvalue weighted by Gasteiger charge is -1.97. The number of phenols is 1. The zero-order valence-corrected chi connectivity index (χ0v) is 12.8. The van der Waals surface area contributed by atoms with Crippen LogP contribution in [0.3, 0.4) is 0 Å². The van der Waals surface area contributed by atoms with Crippen LogP contribution in [-0.2, 0) is 0 Å². The molecule has 0 unspecified atom stereocenters. The summed E-state index contributed by atoms with van der Waals surface area (Å²) in [6, 6.07) is 17.0. The van der Waals surface area contributed by atoms with Gasteiger partial charge in [0, 0.05) is 10.4 Å². The predicted octanol–water partition coefficient (Wildman–Crippen LogP) is 4.27. The van der Waals surface area contributed by atoms with Gasteiger partial charge in [0.05, 0.1) is 11.9 Å². The van der Waals surface area contributed by atoms with Crippen LogP contribution in [-0.4, -0.2) is 16.3 Å². The third-order valence-electron chi connectivity index (χ3n) is 3.09. The van der Waals surface area contributed by atoms with E-state index >= 15 is 0 Å². The molecule has 0 fully saturated rings. The SMILES string of the molecule is Cc1sc(NN=Cc2cccc(O)c2)nc1-c1ccccc1. The third kappa shape index (κ3) is 3.32. The van der Waals surface area contributed by atoms with E-state index in [2.05, 4.69) is 15.5 Å². The number of thiazole rings is 1. The Morgan fingerprint density at radius 2 is 1.95 bits per heavy atom. The van der Waals surface area contributed by atoms with Crippen LogP contribution < -0.4 is 5.43 Å². The number of aromatic nitrogens is 1. The number of phenolic OH excluding ortho intramolecular Hbond substituents is 1. The van der Waals surface area contributed by atoms with Crippen molar-refractivity contribution < 1.29 is 5.11 Å². The van der Waals surface area contributed by atoms with Crippen molar-refractivity contribution in [1.82, 2.24) is 4.98 Å². The molecule has 4 nitrogen and oxygen atoms in total. The number of hydrogen-bond donors (Lipinski definition) is 2. The topological polar surface area (TPSA) is 57.5 Å². The first-order valence-corrected chi connectivity index (χ1v) is 7.65.